The summed E-state index contributed by atoms with van der Waals surface area (Å²) in [6.45, 7) is 0. The zero-order chi connectivity index (χ0) is 14.2. The number of nitrogens with one attached hydrogen (secondary N) is 1. The Balaban J connectivity index is 0.00000200. The molecule has 0 radical (unpaired) electrons. The van der Waals surface area contributed by atoms with Crippen LogP contribution in [0.5, 0.6) is 0 Å². The van der Waals surface area contributed by atoms with Crippen molar-refractivity contribution in [1.29, 1.82) is 0 Å². The van der Waals surface area contributed by atoms with E-state index >= 15 is 0 Å². The molecule has 0 aliphatic heterocycles. The number of aromatic nitrogens is 1. The minimum absolute atomic E-state index is 0. The molecule has 0 bridgehead atoms. The van der Waals surface area contributed by atoms with Gasteiger partial charge in [-0.05, 0) is 12.1 Å². The number of hydrogen-bond donors (Lipinski definition) is 2. The van der Waals surface area contributed by atoms with Gasteiger partial charge in [-0.3, -0.25) is 9.59 Å². The fourth-order valence-corrected chi connectivity index (χ4v) is 1.83. The molecule has 0 spiro atoms. The van der Waals surface area contributed by atoms with E-state index in [4.69, 9.17) is 5.73 Å². The number of fused-ring (bicyclic) bond motifs is 1. The lowest BCUT2D eigenvalue weighted by molar-refractivity contribution is 0.0468. The van der Waals surface area contributed by atoms with Crippen LogP contribution in [0, 0.1) is 0 Å². The maximum absolute atomic E-state index is 13.5. The third kappa shape index (κ3) is 2.62. The van der Waals surface area contributed by atoms with Crippen molar-refractivity contribution >= 4 is 29.2 Å². The number of aromatic amines is 1. The van der Waals surface area contributed by atoms with Gasteiger partial charge in [-0.15, -0.1) is 12.4 Å². The Morgan fingerprint density at radius 3 is 2.35 bits per heavy atom. The Kier molecular flexibility index (Phi) is 4.78. The molecule has 0 aliphatic rings. The van der Waals surface area contributed by atoms with Gasteiger partial charge in [0.2, 0.25) is 11.6 Å². The Morgan fingerprint density at radius 1 is 1.20 bits per heavy atom. The molecule has 0 saturated heterocycles. The fraction of sp³-hybridized carbons (Fsp3) is 0.167. The summed E-state index contributed by atoms with van der Waals surface area (Å²) in [6.07, 6.45) is -6.14. The molecular formula is C12H10ClF3N2O2. The topological polar surface area (TPSA) is 76.0 Å². The predicted octanol–water partition coefficient (Wildman–Crippen LogP) is 2.32. The van der Waals surface area contributed by atoms with Crippen LogP contribution in [0.1, 0.15) is 22.2 Å². The van der Waals surface area contributed by atoms with Gasteiger partial charge < -0.3 is 10.7 Å². The van der Waals surface area contributed by atoms with Crippen molar-refractivity contribution in [3.05, 3.63) is 45.7 Å². The quantitative estimate of drug-likeness (QED) is 0.913. The van der Waals surface area contributed by atoms with E-state index in [0.717, 1.165) is 0 Å². The number of H-pyrrole nitrogens is 1. The lowest BCUT2D eigenvalue weighted by atomic mass is 10.0. The van der Waals surface area contributed by atoms with Crippen LogP contribution in [-0.2, 0) is 0 Å². The highest BCUT2D eigenvalue weighted by atomic mass is 35.5. The van der Waals surface area contributed by atoms with Crippen LogP contribution < -0.4 is 11.2 Å². The molecule has 2 aromatic rings. The van der Waals surface area contributed by atoms with Crippen LogP contribution >= 0.6 is 12.4 Å². The molecule has 0 saturated carbocycles. The Bertz CT molecular complexity index is 703. The zero-order valence-corrected chi connectivity index (χ0v) is 10.7. The van der Waals surface area contributed by atoms with E-state index < -0.39 is 35.2 Å². The minimum atomic E-state index is -3.37. The van der Waals surface area contributed by atoms with Gasteiger partial charge in [-0.25, -0.2) is 13.2 Å². The van der Waals surface area contributed by atoms with Crippen molar-refractivity contribution in [3.63, 3.8) is 0 Å². The molecule has 8 heteroatoms. The number of alkyl halides is 3. The molecule has 3 N–H and O–H groups in total. The van der Waals surface area contributed by atoms with Crippen molar-refractivity contribution in [1.82, 2.24) is 4.98 Å². The van der Waals surface area contributed by atoms with Crippen molar-refractivity contribution in [2.24, 2.45) is 5.73 Å². The second kappa shape index (κ2) is 5.96. The normalized spacial score (nSPS) is 12.2. The van der Waals surface area contributed by atoms with Crippen LogP contribution in [0.3, 0.4) is 0 Å². The van der Waals surface area contributed by atoms with Crippen LogP contribution in [0.15, 0.2) is 29.1 Å². The van der Waals surface area contributed by atoms with E-state index in [1.807, 2.05) is 0 Å². The van der Waals surface area contributed by atoms with Crippen LogP contribution in [0.25, 0.3) is 10.9 Å². The monoisotopic (exact) mass is 306 g/mol. The van der Waals surface area contributed by atoms with Gasteiger partial charge >= 0.3 is 0 Å². The van der Waals surface area contributed by atoms with Gasteiger partial charge in [0.25, 0.3) is 12.3 Å². The van der Waals surface area contributed by atoms with E-state index in [0.29, 0.717) is 0 Å². The highest BCUT2D eigenvalue weighted by Crippen LogP contribution is 2.26. The second-order valence-corrected chi connectivity index (χ2v) is 3.89. The molecule has 108 valence electrons. The highest BCUT2D eigenvalue weighted by molar-refractivity contribution is 5.97. The second-order valence-electron chi connectivity index (χ2n) is 3.89. The van der Waals surface area contributed by atoms with Crippen molar-refractivity contribution < 1.29 is 18.0 Å². The number of halogens is 4. The molecular weight excluding hydrogens is 297 g/mol. The number of benzene rings is 1. The number of para-hydroxylation sites is 1. The van der Waals surface area contributed by atoms with E-state index in [1.54, 1.807) is 6.07 Å². The minimum Gasteiger partial charge on any atom is -0.365 e. The van der Waals surface area contributed by atoms with Gasteiger partial charge in [0.05, 0.1) is 5.69 Å². The maximum atomic E-state index is 13.5. The molecule has 1 unspecified atom stereocenters. The summed E-state index contributed by atoms with van der Waals surface area (Å²) in [5, 5.41) is 0.0847. The van der Waals surface area contributed by atoms with E-state index in [1.165, 1.54) is 18.2 Å². The third-order valence-electron chi connectivity index (χ3n) is 2.68. The first-order valence-electron chi connectivity index (χ1n) is 5.30. The van der Waals surface area contributed by atoms with Gasteiger partial charge in [0, 0.05) is 10.9 Å². The van der Waals surface area contributed by atoms with Gasteiger partial charge in [-0.1, -0.05) is 12.1 Å². The van der Waals surface area contributed by atoms with Crippen molar-refractivity contribution in [3.8, 4) is 0 Å². The molecule has 0 fully saturated rings. The van der Waals surface area contributed by atoms with Crippen LogP contribution in [-0.4, -0.2) is 17.3 Å². The number of rotatable bonds is 3. The molecule has 1 aromatic heterocycles. The molecule has 1 atom stereocenters. The lowest BCUT2D eigenvalue weighted by Gasteiger charge is -2.12. The lowest BCUT2D eigenvalue weighted by Crippen LogP contribution is -2.27. The summed E-state index contributed by atoms with van der Waals surface area (Å²) in [4.78, 5) is 25.5. The molecule has 1 heterocycles. The van der Waals surface area contributed by atoms with Crippen LogP contribution in [0.4, 0.5) is 13.2 Å². The highest BCUT2D eigenvalue weighted by Gasteiger charge is 2.29. The predicted molar refractivity (Wildman–Crippen MR) is 70.2 cm³/mol. The molecule has 20 heavy (non-hydrogen) atoms. The summed E-state index contributed by atoms with van der Waals surface area (Å²) >= 11 is 0. The average molecular weight is 307 g/mol. The number of carbonyl (C=O) groups excluding carboxylic acids is 1. The molecule has 4 nitrogen and oxygen atoms in total. The Hall–Kier alpha value is -2.02. The molecule has 1 aromatic carbocycles. The Labute approximate surface area is 117 Å². The Morgan fingerprint density at radius 2 is 1.80 bits per heavy atom. The largest absolute Gasteiger partial charge is 0.365 e. The van der Waals surface area contributed by atoms with Gasteiger partial charge in [0.1, 0.15) is 5.56 Å². The number of carbonyl (C=O) groups is 1. The first-order valence-corrected chi connectivity index (χ1v) is 5.30. The standard InChI is InChI=1S/C12H9F3N2O2.ClH/c13-8(11(14)15)9-7(12(16)19)10(18)5-3-1-2-4-6(5)17-9;/h1-4,8,11H,(H2,16,19)(H,17,18);1H. The summed E-state index contributed by atoms with van der Waals surface area (Å²) < 4.78 is 38.3. The third-order valence-corrected chi connectivity index (χ3v) is 2.68. The first-order chi connectivity index (χ1) is 8.93. The summed E-state index contributed by atoms with van der Waals surface area (Å²) in [6, 6.07) is 5.88. The summed E-state index contributed by atoms with van der Waals surface area (Å²) in [5.74, 6) is -1.25. The first kappa shape index (κ1) is 16.0. The summed E-state index contributed by atoms with van der Waals surface area (Å²) in [5.41, 5.74) is 2.72. The summed E-state index contributed by atoms with van der Waals surface area (Å²) in [7, 11) is 0. The molecule has 0 aliphatic carbocycles. The molecule has 2 rings (SSSR count). The van der Waals surface area contributed by atoms with Crippen molar-refractivity contribution in [2.45, 2.75) is 12.6 Å². The van der Waals surface area contributed by atoms with Gasteiger partial charge in [-0.2, -0.15) is 0 Å². The number of amides is 1. The number of nitrogens with two attached hydrogens (primary N) is 1. The van der Waals surface area contributed by atoms with E-state index in [-0.39, 0.29) is 23.3 Å². The number of primary amides is 1. The van der Waals surface area contributed by atoms with Gasteiger partial charge in [0.15, 0.2) is 0 Å². The zero-order valence-electron chi connectivity index (χ0n) is 9.90. The number of hydrogen-bond acceptors (Lipinski definition) is 2. The van der Waals surface area contributed by atoms with Crippen LogP contribution in [0.2, 0.25) is 0 Å². The molecule has 1 amide bonds. The van der Waals surface area contributed by atoms with E-state index in [2.05, 4.69) is 4.98 Å². The SMILES string of the molecule is Cl.NC(=O)c1c(C(F)C(F)F)[nH]c2ccccc2c1=O. The average Bonchev–Trinajstić information content (AvgIpc) is 2.37. The number of pyridine rings is 1. The maximum Gasteiger partial charge on any atom is 0.274 e. The fourth-order valence-electron chi connectivity index (χ4n) is 1.83. The smallest absolute Gasteiger partial charge is 0.274 e. The van der Waals surface area contributed by atoms with Crippen molar-refractivity contribution in [2.75, 3.05) is 0 Å². The van der Waals surface area contributed by atoms with E-state index in [9.17, 15) is 22.8 Å².